The summed E-state index contributed by atoms with van der Waals surface area (Å²) in [5, 5.41) is 17.4. The maximum atomic E-state index is 12.4. The van der Waals surface area contributed by atoms with Gasteiger partial charge in [0.05, 0.1) is 19.6 Å². The monoisotopic (exact) mass is 282 g/mol. The van der Waals surface area contributed by atoms with Gasteiger partial charge in [-0.15, -0.1) is 0 Å². The third kappa shape index (κ3) is 6.90. The third-order valence-corrected chi connectivity index (χ3v) is 2.43. The summed E-state index contributed by atoms with van der Waals surface area (Å²) >= 11 is 0. The van der Waals surface area contributed by atoms with Gasteiger partial charge in [0, 0.05) is 19.1 Å². The minimum Gasteiger partial charge on any atom is -0.481 e. The molecule has 0 bridgehead atoms. The number of halogens is 2. The van der Waals surface area contributed by atoms with Crippen LogP contribution in [0.15, 0.2) is 0 Å². The highest BCUT2D eigenvalue weighted by Crippen LogP contribution is 2.08. The summed E-state index contributed by atoms with van der Waals surface area (Å²) in [5.74, 6) is -1.07. The van der Waals surface area contributed by atoms with Gasteiger partial charge in [0.25, 0.3) is 6.43 Å². The van der Waals surface area contributed by atoms with E-state index in [2.05, 4.69) is 0 Å². The molecule has 0 saturated heterocycles. The highest BCUT2D eigenvalue weighted by molar-refractivity contribution is 5.75. The Balaban J connectivity index is 4.76. The molecule has 19 heavy (non-hydrogen) atoms. The van der Waals surface area contributed by atoms with Crippen LogP contribution < -0.4 is 0 Å². The molecular weight excluding hydrogens is 262 g/mol. The Bertz CT molecular complexity index is 300. The molecule has 2 N–H and O–H groups in total. The average Bonchev–Trinajstić information content (AvgIpc) is 2.26. The summed E-state index contributed by atoms with van der Waals surface area (Å²) < 4.78 is 24.7. The Morgan fingerprint density at radius 1 is 1.21 bits per heavy atom. The maximum absolute atomic E-state index is 12.4. The van der Waals surface area contributed by atoms with Gasteiger partial charge in [0.1, 0.15) is 0 Å². The number of aliphatic hydroxyl groups is 1. The molecule has 0 spiro atoms. The Morgan fingerprint density at radius 3 is 2.16 bits per heavy atom. The predicted molar refractivity (Wildman–Crippen MR) is 64.2 cm³/mol. The molecule has 0 heterocycles. The molecule has 0 saturated carbocycles. The molecule has 0 unspecified atom stereocenters. The number of carbonyl (C=O) groups is 2. The third-order valence-electron chi connectivity index (χ3n) is 2.43. The van der Waals surface area contributed by atoms with Gasteiger partial charge in [0.2, 0.25) is 0 Å². The lowest BCUT2D eigenvalue weighted by molar-refractivity contribution is -0.137. The standard InChI is InChI=1S/C11H20F2N2O4/c1-8(2)15(4-3-10(17)18)11(19)14(5-6-16)7-9(12)13/h8-9,16H,3-7H2,1-2H3,(H,17,18). The highest BCUT2D eigenvalue weighted by atomic mass is 19.3. The van der Waals surface area contributed by atoms with Crippen molar-refractivity contribution in [3.05, 3.63) is 0 Å². The summed E-state index contributed by atoms with van der Waals surface area (Å²) in [5.41, 5.74) is 0. The second-order valence-electron chi connectivity index (χ2n) is 4.27. The molecule has 0 aliphatic carbocycles. The summed E-state index contributed by atoms with van der Waals surface area (Å²) in [6.07, 6.45) is -2.96. The topological polar surface area (TPSA) is 81.1 Å². The van der Waals surface area contributed by atoms with E-state index in [9.17, 15) is 18.4 Å². The van der Waals surface area contributed by atoms with Gasteiger partial charge in [0.15, 0.2) is 0 Å². The van der Waals surface area contributed by atoms with E-state index in [1.54, 1.807) is 13.8 Å². The largest absolute Gasteiger partial charge is 0.481 e. The molecule has 0 aromatic heterocycles. The molecule has 0 aromatic rings. The number of alkyl halides is 2. The van der Waals surface area contributed by atoms with Crippen LogP contribution in [0.3, 0.4) is 0 Å². The minimum absolute atomic E-state index is 0.0585. The molecule has 2 amide bonds. The van der Waals surface area contributed by atoms with Gasteiger partial charge in [-0.1, -0.05) is 0 Å². The Kier molecular flexibility index (Phi) is 7.97. The molecular formula is C11H20F2N2O4. The van der Waals surface area contributed by atoms with Crippen LogP contribution in [0.1, 0.15) is 20.3 Å². The Hall–Kier alpha value is -1.44. The Morgan fingerprint density at radius 2 is 1.79 bits per heavy atom. The molecule has 0 atom stereocenters. The first-order valence-corrected chi connectivity index (χ1v) is 5.96. The van der Waals surface area contributed by atoms with E-state index in [0.29, 0.717) is 0 Å². The zero-order valence-electron chi connectivity index (χ0n) is 11.1. The lowest BCUT2D eigenvalue weighted by Gasteiger charge is -2.32. The van der Waals surface area contributed by atoms with E-state index in [1.807, 2.05) is 0 Å². The fourth-order valence-electron chi connectivity index (χ4n) is 1.52. The van der Waals surface area contributed by atoms with E-state index in [-0.39, 0.29) is 25.6 Å². The number of aliphatic hydroxyl groups excluding tert-OH is 1. The number of aliphatic carboxylic acids is 1. The molecule has 8 heteroatoms. The normalized spacial score (nSPS) is 10.9. The second kappa shape index (κ2) is 8.63. The van der Waals surface area contributed by atoms with Crippen LogP contribution in [0.4, 0.5) is 13.6 Å². The zero-order valence-corrected chi connectivity index (χ0v) is 11.1. The minimum atomic E-state index is -2.70. The van der Waals surface area contributed by atoms with Crippen LogP contribution >= 0.6 is 0 Å². The number of rotatable bonds is 8. The van der Waals surface area contributed by atoms with Gasteiger partial charge in [-0.05, 0) is 13.8 Å². The zero-order chi connectivity index (χ0) is 15.0. The van der Waals surface area contributed by atoms with E-state index in [1.165, 1.54) is 4.90 Å². The molecule has 0 aliphatic heterocycles. The Labute approximate surface area is 110 Å². The van der Waals surface area contributed by atoms with Gasteiger partial charge in [-0.2, -0.15) is 0 Å². The molecule has 0 fully saturated rings. The number of urea groups is 1. The SMILES string of the molecule is CC(C)N(CCC(=O)O)C(=O)N(CCO)CC(F)F. The van der Waals surface area contributed by atoms with Crippen LogP contribution in [0.2, 0.25) is 0 Å². The predicted octanol–water partition coefficient (Wildman–Crippen LogP) is 0.851. The van der Waals surface area contributed by atoms with Crippen molar-refractivity contribution in [2.45, 2.75) is 32.7 Å². The van der Waals surface area contributed by atoms with Crippen molar-refractivity contribution in [2.75, 3.05) is 26.2 Å². The summed E-state index contributed by atoms with van der Waals surface area (Å²) in [6.45, 7) is 1.86. The van der Waals surface area contributed by atoms with Crippen LogP contribution in [0.5, 0.6) is 0 Å². The lowest BCUT2D eigenvalue weighted by Crippen LogP contribution is -2.49. The highest BCUT2D eigenvalue weighted by Gasteiger charge is 2.25. The summed E-state index contributed by atoms with van der Waals surface area (Å²) in [6, 6.07) is -1.00. The van der Waals surface area contributed by atoms with E-state index in [4.69, 9.17) is 10.2 Å². The van der Waals surface area contributed by atoms with Crippen molar-refractivity contribution in [1.29, 1.82) is 0 Å². The molecule has 0 aromatic carbocycles. The van der Waals surface area contributed by atoms with Crippen molar-refractivity contribution < 1.29 is 28.6 Å². The first kappa shape index (κ1) is 17.6. The number of amides is 2. The number of hydrogen-bond acceptors (Lipinski definition) is 3. The summed E-state index contributed by atoms with van der Waals surface area (Å²) in [7, 11) is 0. The van der Waals surface area contributed by atoms with Crippen molar-refractivity contribution in [2.24, 2.45) is 0 Å². The lowest BCUT2D eigenvalue weighted by atomic mass is 10.3. The molecule has 0 rings (SSSR count). The number of nitrogens with zero attached hydrogens (tertiary/aromatic N) is 2. The number of hydrogen-bond donors (Lipinski definition) is 2. The molecule has 0 radical (unpaired) electrons. The number of carboxylic acid groups (broad SMARTS) is 1. The van der Waals surface area contributed by atoms with Crippen molar-refractivity contribution in [1.82, 2.24) is 9.80 Å². The van der Waals surface area contributed by atoms with Crippen LogP contribution in [0, 0.1) is 0 Å². The second-order valence-corrected chi connectivity index (χ2v) is 4.27. The molecule has 0 aliphatic rings. The van der Waals surface area contributed by atoms with Gasteiger partial charge < -0.3 is 20.0 Å². The fraction of sp³-hybridized carbons (Fsp3) is 0.818. The van der Waals surface area contributed by atoms with E-state index in [0.717, 1.165) is 4.90 Å². The molecule has 6 nitrogen and oxygen atoms in total. The van der Waals surface area contributed by atoms with E-state index < -0.39 is 31.6 Å². The van der Waals surface area contributed by atoms with Crippen LogP contribution in [-0.4, -0.2) is 70.7 Å². The first-order valence-electron chi connectivity index (χ1n) is 5.96. The average molecular weight is 282 g/mol. The van der Waals surface area contributed by atoms with Gasteiger partial charge in [-0.25, -0.2) is 13.6 Å². The van der Waals surface area contributed by atoms with Gasteiger partial charge in [-0.3, -0.25) is 4.79 Å². The fourth-order valence-corrected chi connectivity index (χ4v) is 1.52. The number of carboxylic acids is 1. The summed E-state index contributed by atoms with van der Waals surface area (Å²) in [4.78, 5) is 24.6. The van der Waals surface area contributed by atoms with Gasteiger partial charge >= 0.3 is 12.0 Å². The maximum Gasteiger partial charge on any atom is 0.320 e. The molecule has 112 valence electrons. The van der Waals surface area contributed by atoms with Crippen LogP contribution in [0.25, 0.3) is 0 Å². The quantitative estimate of drug-likeness (QED) is 0.691. The van der Waals surface area contributed by atoms with E-state index >= 15 is 0 Å². The smallest absolute Gasteiger partial charge is 0.320 e. The van der Waals surface area contributed by atoms with Crippen LogP contribution in [-0.2, 0) is 4.79 Å². The van der Waals surface area contributed by atoms with Crippen molar-refractivity contribution >= 4 is 12.0 Å². The van der Waals surface area contributed by atoms with Crippen molar-refractivity contribution in [3.8, 4) is 0 Å². The number of carbonyl (C=O) groups excluding carboxylic acids is 1. The van der Waals surface area contributed by atoms with Crippen molar-refractivity contribution in [3.63, 3.8) is 0 Å². The first-order chi connectivity index (χ1) is 8.79.